The molecule has 0 spiro atoms. The molecule has 0 atom stereocenters. The SMILES string of the molecule is C=CC(=O)N(CC)CC(=O)N(C)Cc1ccc(C)cc1. The molecule has 0 radical (unpaired) electrons. The monoisotopic (exact) mass is 274 g/mol. The van der Waals surface area contributed by atoms with Crippen LogP contribution < -0.4 is 0 Å². The minimum atomic E-state index is -0.218. The van der Waals surface area contributed by atoms with Crippen LogP contribution >= 0.6 is 0 Å². The second-order valence-corrected chi connectivity index (χ2v) is 4.79. The average molecular weight is 274 g/mol. The van der Waals surface area contributed by atoms with E-state index in [9.17, 15) is 9.59 Å². The van der Waals surface area contributed by atoms with Crippen LogP contribution in [0, 0.1) is 6.92 Å². The molecule has 20 heavy (non-hydrogen) atoms. The Kier molecular flexibility index (Phi) is 5.97. The van der Waals surface area contributed by atoms with Crippen molar-refractivity contribution in [3.8, 4) is 0 Å². The van der Waals surface area contributed by atoms with E-state index in [2.05, 4.69) is 6.58 Å². The number of carbonyl (C=O) groups is 2. The maximum Gasteiger partial charge on any atom is 0.246 e. The van der Waals surface area contributed by atoms with Gasteiger partial charge < -0.3 is 9.80 Å². The molecule has 1 aromatic rings. The highest BCUT2D eigenvalue weighted by molar-refractivity contribution is 5.90. The molecule has 4 heteroatoms. The molecule has 0 aromatic heterocycles. The van der Waals surface area contributed by atoms with E-state index >= 15 is 0 Å². The summed E-state index contributed by atoms with van der Waals surface area (Å²) >= 11 is 0. The Hall–Kier alpha value is -2.10. The van der Waals surface area contributed by atoms with Gasteiger partial charge in [-0.05, 0) is 25.5 Å². The van der Waals surface area contributed by atoms with Gasteiger partial charge in [0.1, 0.15) is 0 Å². The van der Waals surface area contributed by atoms with Crippen LogP contribution in [0.5, 0.6) is 0 Å². The Morgan fingerprint density at radius 1 is 1.25 bits per heavy atom. The summed E-state index contributed by atoms with van der Waals surface area (Å²) < 4.78 is 0. The van der Waals surface area contributed by atoms with E-state index in [4.69, 9.17) is 0 Å². The second kappa shape index (κ2) is 7.48. The molecule has 0 N–H and O–H groups in total. The van der Waals surface area contributed by atoms with Crippen LogP contribution in [0.25, 0.3) is 0 Å². The predicted octanol–water partition coefficient (Wildman–Crippen LogP) is 1.99. The minimum Gasteiger partial charge on any atom is -0.340 e. The molecule has 108 valence electrons. The summed E-state index contributed by atoms with van der Waals surface area (Å²) in [6.07, 6.45) is 1.23. The Bertz CT molecular complexity index is 480. The summed E-state index contributed by atoms with van der Waals surface area (Å²) in [6.45, 7) is 8.43. The number of hydrogen-bond donors (Lipinski definition) is 0. The maximum atomic E-state index is 12.1. The number of rotatable bonds is 6. The van der Waals surface area contributed by atoms with Gasteiger partial charge in [-0.15, -0.1) is 0 Å². The van der Waals surface area contributed by atoms with E-state index in [-0.39, 0.29) is 18.4 Å². The number of carbonyl (C=O) groups excluding carboxylic acids is 2. The molecule has 0 saturated heterocycles. The first kappa shape index (κ1) is 16.0. The van der Waals surface area contributed by atoms with E-state index in [1.54, 1.807) is 11.9 Å². The zero-order valence-corrected chi connectivity index (χ0v) is 12.4. The number of amides is 2. The van der Waals surface area contributed by atoms with Crippen LogP contribution in [0.3, 0.4) is 0 Å². The second-order valence-electron chi connectivity index (χ2n) is 4.79. The summed E-state index contributed by atoms with van der Waals surface area (Å²) in [6, 6.07) is 8.05. The van der Waals surface area contributed by atoms with Gasteiger partial charge in [0.05, 0.1) is 6.54 Å². The molecule has 4 nitrogen and oxygen atoms in total. The third-order valence-electron chi connectivity index (χ3n) is 3.16. The lowest BCUT2D eigenvalue weighted by molar-refractivity contribution is -0.137. The van der Waals surface area contributed by atoms with Gasteiger partial charge in [0.25, 0.3) is 0 Å². The summed E-state index contributed by atoms with van der Waals surface area (Å²) in [5, 5.41) is 0. The first-order chi connectivity index (χ1) is 9.47. The smallest absolute Gasteiger partial charge is 0.246 e. The largest absolute Gasteiger partial charge is 0.340 e. The standard InChI is InChI=1S/C16H22N2O2/c1-5-15(19)18(6-2)12-16(20)17(4)11-14-9-7-13(3)8-10-14/h5,7-10H,1,6,11-12H2,2-4H3. The average Bonchev–Trinajstić information content (AvgIpc) is 2.45. The molecule has 2 amide bonds. The van der Waals surface area contributed by atoms with Crippen molar-refractivity contribution in [3.63, 3.8) is 0 Å². The van der Waals surface area contributed by atoms with Gasteiger partial charge in [0, 0.05) is 20.1 Å². The van der Waals surface area contributed by atoms with E-state index in [0.29, 0.717) is 13.1 Å². The van der Waals surface area contributed by atoms with Gasteiger partial charge in [0.2, 0.25) is 11.8 Å². The zero-order valence-electron chi connectivity index (χ0n) is 12.4. The van der Waals surface area contributed by atoms with Crippen LogP contribution in [0.4, 0.5) is 0 Å². The first-order valence-corrected chi connectivity index (χ1v) is 6.68. The Balaban J connectivity index is 2.60. The summed E-state index contributed by atoms with van der Waals surface area (Å²) in [5.41, 5.74) is 2.26. The predicted molar refractivity (Wildman–Crippen MR) is 80.1 cm³/mol. The van der Waals surface area contributed by atoms with Crippen LogP contribution in [0.1, 0.15) is 18.1 Å². The van der Waals surface area contributed by atoms with Crippen molar-refractivity contribution in [2.24, 2.45) is 0 Å². The Morgan fingerprint density at radius 3 is 2.35 bits per heavy atom. The molecule has 1 rings (SSSR count). The molecule has 0 unspecified atom stereocenters. The highest BCUT2D eigenvalue weighted by atomic mass is 16.2. The molecule has 0 aliphatic carbocycles. The zero-order chi connectivity index (χ0) is 15.1. The van der Waals surface area contributed by atoms with Crippen LogP contribution in [-0.4, -0.2) is 41.8 Å². The third kappa shape index (κ3) is 4.53. The van der Waals surface area contributed by atoms with Crippen LogP contribution in [0.15, 0.2) is 36.9 Å². The lowest BCUT2D eigenvalue weighted by Gasteiger charge is -2.23. The van der Waals surface area contributed by atoms with Crippen molar-refractivity contribution in [2.75, 3.05) is 20.1 Å². The quantitative estimate of drug-likeness (QED) is 0.744. The highest BCUT2D eigenvalue weighted by Crippen LogP contribution is 2.06. The number of aryl methyl sites for hydroxylation is 1. The molecular weight excluding hydrogens is 252 g/mol. The van der Waals surface area contributed by atoms with Gasteiger partial charge in [-0.2, -0.15) is 0 Å². The normalized spacial score (nSPS) is 9.95. The van der Waals surface area contributed by atoms with Gasteiger partial charge in [-0.1, -0.05) is 36.4 Å². The number of benzene rings is 1. The lowest BCUT2D eigenvalue weighted by Crippen LogP contribution is -2.40. The summed E-state index contributed by atoms with van der Waals surface area (Å²) in [5.74, 6) is -0.299. The minimum absolute atomic E-state index is 0.0809. The van der Waals surface area contributed by atoms with Crippen molar-refractivity contribution in [2.45, 2.75) is 20.4 Å². The fourth-order valence-electron chi connectivity index (χ4n) is 1.81. The number of hydrogen-bond acceptors (Lipinski definition) is 2. The van der Waals surface area contributed by atoms with Crippen molar-refractivity contribution >= 4 is 11.8 Å². The van der Waals surface area contributed by atoms with Gasteiger partial charge in [-0.25, -0.2) is 0 Å². The Labute approximate surface area is 120 Å². The molecule has 0 saturated carbocycles. The molecule has 1 aromatic carbocycles. The summed E-state index contributed by atoms with van der Waals surface area (Å²) in [4.78, 5) is 26.7. The number of nitrogens with zero attached hydrogens (tertiary/aromatic N) is 2. The molecule has 0 aliphatic rings. The van der Waals surface area contributed by atoms with Crippen LogP contribution in [0.2, 0.25) is 0 Å². The Morgan fingerprint density at radius 2 is 1.85 bits per heavy atom. The lowest BCUT2D eigenvalue weighted by atomic mass is 10.1. The maximum absolute atomic E-state index is 12.1. The molecule has 0 bridgehead atoms. The van der Waals surface area contributed by atoms with Gasteiger partial charge >= 0.3 is 0 Å². The highest BCUT2D eigenvalue weighted by Gasteiger charge is 2.16. The van der Waals surface area contributed by atoms with Crippen LogP contribution in [-0.2, 0) is 16.1 Å². The van der Waals surface area contributed by atoms with Crippen molar-refractivity contribution in [1.82, 2.24) is 9.80 Å². The fraction of sp³-hybridized carbons (Fsp3) is 0.375. The first-order valence-electron chi connectivity index (χ1n) is 6.68. The molecule has 0 fully saturated rings. The van der Waals surface area contributed by atoms with Gasteiger partial charge in [0.15, 0.2) is 0 Å². The molecule has 0 heterocycles. The molecule has 0 aliphatic heterocycles. The number of likely N-dealkylation sites (N-methyl/N-ethyl adjacent to an activating group) is 2. The van der Waals surface area contributed by atoms with Crippen molar-refractivity contribution in [3.05, 3.63) is 48.0 Å². The van der Waals surface area contributed by atoms with Crippen molar-refractivity contribution in [1.29, 1.82) is 0 Å². The fourth-order valence-corrected chi connectivity index (χ4v) is 1.81. The van der Waals surface area contributed by atoms with E-state index in [1.807, 2.05) is 38.1 Å². The topological polar surface area (TPSA) is 40.6 Å². The van der Waals surface area contributed by atoms with E-state index < -0.39 is 0 Å². The van der Waals surface area contributed by atoms with E-state index in [0.717, 1.165) is 5.56 Å². The third-order valence-corrected chi connectivity index (χ3v) is 3.16. The molecular formula is C16H22N2O2. The van der Waals surface area contributed by atoms with Crippen molar-refractivity contribution < 1.29 is 9.59 Å². The summed E-state index contributed by atoms with van der Waals surface area (Å²) in [7, 11) is 1.74. The van der Waals surface area contributed by atoms with Gasteiger partial charge in [-0.3, -0.25) is 9.59 Å². The van der Waals surface area contributed by atoms with E-state index in [1.165, 1.54) is 16.5 Å².